The van der Waals surface area contributed by atoms with E-state index < -0.39 is 5.97 Å². The molecule has 5 heteroatoms. The molecule has 1 heterocycles. The number of esters is 1. The number of rotatable bonds is 6. The molecule has 0 bridgehead atoms. The van der Waals surface area contributed by atoms with Crippen LogP contribution in [0.5, 0.6) is 5.75 Å². The second-order valence-corrected chi connectivity index (χ2v) is 7.53. The summed E-state index contributed by atoms with van der Waals surface area (Å²) in [4.78, 5) is 16.8. The topological polar surface area (TPSA) is 47.9 Å². The zero-order valence-electron chi connectivity index (χ0n) is 17.3. The summed E-state index contributed by atoms with van der Waals surface area (Å²) in [6.07, 6.45) is 1.62. The zero-order valence-corrected chi connectivity index (χ0v) is 17.3. The Balaban J connectivity index is 1.57. The average Bonchev–Trinajstić information content (AvgIpc) is 3.14. The lowest BCUT2D eigenvalue weighted by molar-refractivity contribution is -0.129. The molecule has 31 heavy (non-hydrogen) atoms. The SMILES string of the molecule is CC(C)c1ccc(C2=N/C(=C\c3ccccc3OCc3ccccc3F)C(=O)O2)cc1. The molecule has 3 aromatic carbocycles. The molecule has 0 unspecified atom stereocenters. The van der Waals surface area contributed by atoms with Crippen LogP contribution in [0.15, 0.2) is 83.5 Å². The van der Waals surface area contributed by atoms with Gasteiger partial charge in [-0.3, -0.25) is 0 Å². The molecule has 0 saturated heterocycles. The van der Waals surface area contributed by atoms with Crippen molar-refractivity contribution in [3.8, 4) is 5.75 Å². The van der Waals surface area contributed by atoms with Gasteiger partial charge in [0.1, 0.15) is 18.2 Å². The van der Waals surface area contributed by atoms with Crippen LogP contribution in [0.2, 0.25) is 0 Å². The van der Waals surface area contributed by atoms with Gasteiger partial charge < -0.3 is 9.47 Å². The molecule has 0 atom stereocenters. The molecular formula is C26H22FNO3. The predicted octanol–water partition coefficient (Wildman–Crippen LogP) is 5.87. The molecular weight excluding hydrogens is 393 g/mol. The number of carbonyl (C=O) groups excluding carboxylic acids is 1. The minimum absolute atomic E-state index is 0.0774. The monoisotopic (exact) mass is 415 g/mol. The summed E-state index contributed by atoms with van der Waals surface area (Å²) in [6, 6.07) is 21.5. The fraction of sp³-hybridized carbons (Fsp3) is 0.154. The minimum atomic E-state index is -0.521. The van der Waals surface area contributed by atoms with Gasteiger partial charge in [0.25, 0.3) is 0 Å². The Kier molecular flexibility index (Phi) is 5.94. The van der Waals surface area contributed by atoms with Crippen molar-refractivity contribution in [2.24, 2.45) is 4.99 Å². The maximum atomic E-state index is 13.9. The van der Waals surface area contributed by atoms with Gasteiger partial charge in [0.15, 0.2) is 5.70 Å². The van der Waals surface area contributed by atoms with E-state index in [1.165, 1.54) is 11.6 Å². The number of para-hydroxylation sites is 1. The molecule has 1 aliphatic rings. The lowest BCUT2D eigenvalue weighted by atomic mass is 10.0. The Morgan fingerprint density at radius 1 is 1.00 bits per heavy atom. The van der Waals surface area contributed by atoms with Crippen molar-refractivity contribution >= 4 is 17.9 Å². The molecule has 0 N–H and O–H groups in total. The van der Waals surface area contributed by atoms with Crippen molar-refractivity contribution in [3.63, 3.8) is 0 Å². The number of hydrogen-bond donors (Lipinski definition) is 0. The molecule has 0 saturated carbocycles. The molecule has 3 aromatic rings. The van der Waals surface area contributed by atoms with Crippen LogP contribution >= 0.6 is 0 Å². The lowest BCUT2D eigenvalue weighted by Gasteiger charge is -2.10. The lowest BCUT2D eigenvalue weighted by Crippen LogP contribution is -2.05. The molecule has 4 nitrogen and oxygen atoms in total. The first-order valence-electron chi connectivity index (χ1n) is 10.1. The zero-order chi connectivity index (χ0) is 21.8. The van der Waals surface area contributed by atoms with Gasteiger partial charge in [-0.05, 0) is 41.8 Å². The third kappa shape index (κ3) is 4.72. The number of benzene rings is 3. The van der Waals surface area contributed by atoms with Gasteiger partial charge in [0.2, 0.25) is 5.90 Å². The summed E-state index contributed by atoms with van der Waals surface area (Å²) >= 11 is 0. The van der Waals surface area contributed by atoms with Gasteiger partial charge in [-0.1, -0.05) is 62.4 Å². The highest BCUT2D eigenvalue weighted by Gasteiger charge is 2.24. The van der Waals surface area contributed by atoms with E-state index >= 15 is 0 Å². The van der Waals surface area contributed by atoms with E-state index in [-0.39, 0.29) is 24.0 Å². The normalized spacial score (nSPS) is 14.6. The van der Waals surface area contributed by atoms with Crippen LogP contribution in [0.3, 0.4) is 0 Å². The van der Waals surface area contributed by atoms with Crippen molar-refractivity contribution < 1.29 is 18.7 Å². The molecule has 1 aliphatic heterocycles. The number of carbonyl (C=O) groups is 1. The first-order chi connectivity index (χ1) is 15.0. The summed E-state index contributed by atoms with van der Waals surface area (Å²) in [5, 5.41) is 0. The van der Waals surface area contributed by atoms with E-state index in [1.807, 2.05) is 42.5 Å². The third-order valence-electron chi connectivity index (χ3n) is 5.00. The second kappa shape index (κ2) is 8.96. The summed E-state index contributed by atoms with van der Waals surface area (Å²) in [5.74, 6) is 0.369. The van der Waals surface area contributed by atoms with Crippen LogP contribution in [0, 0.1) is 5.82 Å². The molecule has 0 spiro atoms. The van der Waals surface area contributed by atoms with Gasteiger partial charge >= 0.3 is 5.97 Å². The van der Waals surface area contributed by atoms with Gasteiger partial charge in [-0.2, -0.15) is 0 Å². The third-order valence-corrected chi connectivity index (χ3v) is 5.00. The molecule has 0 radical (unpaired) electrons. The number of cyclic esters (lactones) is 1. The summed E-state index contributed by atoms with van der Waals surface area (Å²) < 4.78 is 25.1. The Morgan fingerprint density at radius 3 is 2.45 bits per heavy atom. The van der Waals surface area contributed by atoms with Crippen LogP contribution in [0.1, 0.15) is 42.0 Å². The molecule has 4 rings (SSSR count). The maximum absolute atomic E-state index is 13.9. The molecule has 0 aromatic heterocycles. The van der Waals surface area contributed by atoms with Crippen molar-refractivity contribution in [3.05, 3.63) is 107 Å². The number of nitrogens with zero attached hydrogens (tertiary/aromatic N) is 1. The van der Waals surface area contributed by atoms with Crippen molar-refractivity contribution in [2.75, 3.05) is 0 Å². The molecule has 0 amide bonds. The van der Waals surface area contributed by atoms with Gasteiger partial charge in [-0.15, -0.1) is 0 Å². The van der Waals surface area contributed by atoms with E-state index in [9.17, 15) is 9.18 Å². The van der Waals surface area contributed by atoms with E-state index in [4.69, 9.17) is 9.47 Å². The molecule has 156 valence electrons. The average molecular weight is 415 g/mol. The van der Waals surface area contributed by atoms with Crippen LogP contribution in [0.4, 0.5) is 4.39 Å². The van der Waals surface area contributed by atoms with E-state index in [2.05, 4.69) is 18.8 Å². The smallest absolute Gasteiger partial charge is 0.363 e. The standard InChI is InChI=1S/C26H22FNO3/c1-17(2)18-11-13-19(14-12-18)25-28-23(26(29)31-25)15-20-7-4-6-10-24(20)30-16-21-8-3-5-9-22(21)27/h3-15,17H,16H2,1-2H3/b23-15-. The van der Waals surface area contributed by atoms with Crippen LogP contribution < -0.4 is 4.74 Å². The molecule has 0 fully saturated rings. The van der Waals surface area contributed by atoms with E-state index in [0.29, 0.717) is 22.8 Å². The van der Waals surface area contributed by atoms with Crippen molar-refractivity contribution in [1.29, 1.82) is 0 Å². The Bertz CT molecular complexity index is 1160. The van der Waals surface area contributed by atoms with Gasteiger partial charge in [0.05, 0.1) is 0 Å². The Labute approximate surface area is 180 Å². The fourth-order valence-corrected chi connectivity index (χ4v) is 3.19. The van der Waals surface area contributed by atoms with E-state index in [1.54, 1.807) is 30.3 Å². The molecule has 0 aliphatic carbocycles. The number of aliphatic imine (C=N–C) groups is 1. The van der Waals surface area contributed by atoms with E-state index in [0.717, 1.165) is 5.56 Å². The predicted molar refractivity (Wildman–Crippen MR) is 118 cm³/mol. The van der Waals surface area contributed by atoms with Gasteiger partial charge in [-0.25, -0.2) is 14.2 Å². The summed E-state index contributed by atoms with van der Waals surface area (Å²) in [6.45, 7) is 4.32. The van der Waals surface area contributed by atoms with Crippen molar-refractivity contribution in [2.45, 2.75) is 26.4 Å². The first-order valence-corrected chi connectivity index (χ1v) is 10.1. The van der Waals surface area contributed by atoms with Crippen LogP contribution in [0.25, 0.3) is 6.08 Å². The largest absolute Gasteiger partial charge is 0.488 e. The number of halogens is 1. The minimum Gasteiger partial charge on any atom is -0.488 e. The second-order valence-electron chi connectivity index (χ2n) is 7.53. The first kappa shape index (κ1) is 20.5. The number of ether oxygens (including phenoxy) is 2. The quantitative estimate of drug-likeness (QED) is 0.374. The highest BCUT2D eigenvalue weighted by atomic mass is 19.1. The van der Waals surface area contributed by atoms with Crippen molar-refractivity contribution in [1.82, 2.24) is 0 Å². The Hall–Kier alpha value is -3.73. The van der Waals surface area contributed by atoms with Crippen LogP contribution in [-0.4, -0.2) is 11.9 Å². The van der Waals surface area contributed by atoms with Crippen LogP contribution in [-0.2, 0) is 16.1 Å². The Morgan fingerprint density at radius 2 is 1.71 bits per heavy atom. The highest BCUT2D eigenvalue weighted by Crippen LogP contribution is 2.26. The summed E-state index contributed by atoms with van der Waals surface area (Å²) in [7, 11) is 0. The fourth-order valence-electron chi connectivity index (χ4n) is 3.19. The van der Waals surface area contributed by atoms with Gasteiger partial charge in [0, 0.05) is 16.7 Å². The highest BCUT2D eigenvalue weighted by molar-refractivity contribution is 6.12. The number of hydrogen-bond acceptors (Lipinski definition) is 4. The summed E-state index contributed by atoms with van der Waals surface area (Å²) in [5.41, 5.74) is 3.24. The maximum Gasteiger partial charge on any atom is 0.363 e.